The summed E-state index contributed by atoms with van der Waals surface area (Å²) in [5, 5.41) is 4.18. The molecule has 102 valence electrons. The first-order valence-electron chi connectivity index (χ1n) is 6.45. The Balaban J connectivity index is 2.20. The molecule has 1 aromatic heterocycles. The summed E-state index contributed by atoms with van der Waals surface area (Å²) in [7, 11) is 0. The largest absolute Gasteiger partial charge is 0.249 e. The normalized spacial score (nSPS) is 17.0. The number of fused-ring (bicyclic) bond motifs is 4. The highest BCUT2D eigenvalue weighted by Gasteiger charge is 2.17. The molecule has 1 aromatic carbocycles. The van der Waals surface area contributed by atoms with Crippen LogP contribution in [0, 0.1) is 0 Å². The summed E-state index contributed by atoms with van der Waals surface area (Å²) in [5.41, 5.74) is 1.06. The van der Waals surface area contributed by atoms with Crippen LogP contribution in [0.3, 0.4) is 0 Å². The van der Waals surface area contributed by atoms with Crippen LogP contribution in [0.2, 0.25) is 0 Å². The summed E-state index contributed by atoms with van der Waals surface area (Å²) < 4.78 is 2.48. The smallest absolute Gasteiger partial charge is 0.100 e. The van der Waals surface area contributed by atoms with Crippen LogP contribution < -0.4 is 9.75 Å². The second-order valence-corrected chi connectivity index (χ2v) is 7.25. The van der Waals surface area contributed by atoms with Gasteiger partial charge in [-0.3, -0.25) is 0 Å². The van der Waals surface area contributed by atoms with Gasteiger partial charge >= 0.3 is 0 Å². The minimum Gasteiger partial charge on any atom is -0.249 e. The van der Waals surface area contributed by atoms with Gasteiger partial charge in [0.1, 0.15) is 5.04 Å². The fraction of sp³-hybridized carbons (Fsp3) is 0. The van der Waals surface area contributed by atoms with Gasteiger partial charge < -0.3 is 0 Å². The van der Waals surface area contributed by atoms with E-state index in [2.05, 4.69) is 35.8 Å². The van der Waals surface area contributed by atoms with E-state index in [1.54, 1.807) is 29.2 Å². The van der Waals surface area contributed by atoms with E-state index in [0.29, 0.717) is 0 Å². The Morgan fingerprint density at radius 3 is 2.90 bits per heavy atom. The first-order chi connectivity index (χ1) is 10.3. The third-order valence-electron chi connectivity index (χ3n) is 3.39. The lowest BCUT2D eigenvalue weighted by Gasteiger charge is -2.12. The molecule has 0 N–H and O–H groups in total. The van der Waals surface area contributed by atoms with Gasteiger partial charge in [0.25, 0.3) is 0 Å². The van der Waals surface area contributed by atoms with Crippen molar-refractivity contribution in [1.29, 1.82) is 0 Å². The van der Waals surface area contributed by atoms with Crippen molar-refractivity contribution in [3.8, 4) is 0 Å². The van der Waals surface area contributed by atoms with Gasteiger partial charge in [0.2, 0.25) is 0 Å². The van der Waals surface area contributed by atoms with Crippen LogP contribution in [0.1, 0.15) is 0 Å². The zero-order valence-corrected chi connectivity index (χ0v) is 13.4. The van der Waals surface area contributed by atoms with E-state index in [1.165, 1.54) is 24.7 Å². The third-order valence-corrected chi connectivity index (χ3v) is 5.85. The lowest BCUT2D eigenvalue weighted by atomic mass is 10.1. The molecule has 2 heterocycles. The highest BCUT2D eigenvalue weighted by atomic mass is 35.5. The molecule has 0 bridgehead atoms. The van der Waals surface area contributed by atoms with Gasteiger partial charge in [0.15, 0.2) is 0 Å². The maximum Gasteiger partial charge on any atom is 0.100 e. The number of thiophene rings is 1. The average molecular weight is 328 g/mol. The van der Waals surface area contributed by atoms with E-state index in [4.69, 9.17) is 11.6 Å². The number of hydrogen-bond acceptors (Lipinski definition) is 3. The summed E-state index contributed by atoms with van der Waals surface area (Å²) in [6.07, 6.45) is 7.69. The Morgan fingerprint density at radius 2 is 2.05 bits per heavy atom. The lowest BCUT2D eigenvalue weighted by Crippen LogP contribution is -2.21. The van der Waals surface area contributed by atoms with Gasteiger partial charge in [-0.05, 0) is 24.3 Å². The molecule has 2 aromatic rings. The van der Waals surface area contributed by atoms with Crippen LogP contribution >= 0.6 is 34.7 Å². The minimum atomic E-state index is 0.738. The van der Waals surface area contributed by atoms with Crippen LogP contribution in [0.15, 0.2) is 64.8 Å². The fourth-order valence-electron chi connectivity index (χ4n) is 2.49. The van der Waals surface area contributed by atoms with Crippen LogP contribution in [0.25, 0.3) is 21.1 Å². The van der Waals surface area contributed by atoms with E-state index < -0.39 is 0 Å². The van der Waals surface area contributed by atoms with E-state index in [9.17, 15) is 0 Å². The van der Waals surface area contributed by atoms with Gasteiger partial charge in [-0.25, -0.2) is 4.99 Å². The molecular formula is C17H10ClNS2. The summed E-state index contributed by atoms with van der Waals surface area (Å²) in [5.74, 6) is 0. The minimum absolute atomic E-state index is 0.738. The van der Waals surface area contributed by atoms with Crippen molar-refractivity contribution >= 4 is 60.8 Å². The number of nitrogens with zero attached hydrogens (tertiary/aromatic N) is 1. The molecule has 4 rings (SSSR count). The molecule has 0 spiro atoms. The molecule has 1 aliphatic carbocycles. The maximum atomic E-state index is 6.35. The average Bonchev–Trinajstić information content (AvgIpc) is 2.78. The number of thioether (sulfide) groups is 1. The van der Waals surface area contributed by atoms with Gasteiger partial charge in [-0.2, -0.15) is 0 Å². The Hall–Kier alpha value is -1.55. The monoisotopic (exact) mass is 327 g/mol. The van der Waals surface area contributed by atoms with E-state index in [1.807, 2.05) is 18.4 Å². The molecule has 0 unspecified atom stereocenters. The van der Waals surface area contributed by atoms with Gasteiger partial charge in [0, 0.05) is 41.5 Å². The zero-order chi connectivity index (χ0) is 14.4. The van der Waals surface area contributed by atoms with Crippen LogP contribution in [0.5, 0.6) is 0 Å². The van der Waals surface area contributed by atoms with Crippen molar-refractivity contribution in [2.75, 3.05) is 0 Å². The molecule has 2 aliphatic rings. The molecular weight excluding hydrogens is 318 g/mol. The summed E-state index contributed by atoms with van der Waals surface area (Å²) >= 11 is 9.78. The molecule has 0 radical (unpaired) electrons. The van der Waals surface area contributed by atoms with Crippen molar-refractivity contribution in [2.45, 2.75) is 0 Å². The van der Waals surface area contributed by atoms with E-state index >= 15 is 0 Å². The van der Waals surface area contributed by atoms with Crippen LogP contribution in [0.4, 0.5) is 0 Å². The number of aliphatic imine (C=N–C) groups is 1. The molecule has 4 heteroatoms. The molecule has 1 aliphatic heterocycles. The van der Waals surface area contributed by atoms with Crippen molar-refractivity contribution < 1.29 is 0 Å². The Bertz CT molecular complexity index is 989. The predicted molar refractivity (Wildman–Crippen MR) is 96.2 cm³/mol. The molecule has 0 saturated carbocycles. The number of hydrogen-bond donors (Lipinski definition) is 0. The van der Waals surface area contributed by atoms with E-state index in [0.717, 1.165) is 15.6 Å². The number of halogens is 1. The number of benzene rings is 1. The van der Waals surface area contributed by atoms with Crippen LogP contribution in [-0.4, -0.2) is 5.04 Å². The van der Waals surface area contributed by atoms with Gasteiger partial charge in [-0.15, -0.1) is 11.3 Å². The van der Waals surface area contributed by atoms with Crippen molar-refractivity contribution in [3.05, 3.63) is 69.6 Å². The summed E-state index contributed by atoms with van der Waals surface area (Å²) in [4.78, 5) is 5.62. The molecule has 1 nitrogen and oxygen atoms in total. The Kier molecular flexibility index (Phi) is 3.14. The quantitative estimate of drug-likeness (QED) is 0.766. The Labute approximate surface area is 135 Å². The number of rotatable bonds is 1. The summed E-state index contributed by atoms with van der Waals surface area (Å²) in [6.45, 7) is 3.83. The SMILES string of the molecule is C=CC1=NC=C2C=C(Cl)C=c3sc4ccccc4c3=C2S1. The molecule has 21 heavy (non-hydrogen) atoms. The molecule has 0 saturated heterocycles. The van der Waals surface area contributed by atoms with Crippen molar-refractivity contribution in [1.82, 2.24) is 0 Å². The maximum absolute atomic E-state index is 6.35. The molecule has 0 amide bonds. The van der Waals surface area contributed by atoms with Gasteiger partial charge in [0.05, 0.1) is 0 Å². The standard InChI is InChI=1S/C17H10ClNS2/c1-2-15-19-9-10-7-11(18)8-14-16(17(10)21-15)12-5-3-4-6-13(12)20-14/h2-9H,1H2. The first kappa shape index (κ1) is 13.1. The topological polar surface area (TPSA) is 12.4 Å². The molecule has 0 fully saturated rings. The predicted octanol–water partition coefficient (Wildman–Crippen LogP) is 4.14. The second kappa shape index (κ2) is 5.02. The fourth-order valence-corrected chi connectivity index (χ4v) is 4.96. The van der Waals surface area contributed by atoms with Crippen molar-refractivity contribution in [2.24, 2.45) is 4.99 Å². The number of allylic oxidation sites excluding steroid dienone is 2. The van der Waals surface area contributed by atoms with Crippen molar-refractivity contribution in [3.63, 3.8) is 0 Å². The lowest BCUT2D eigenvalue weighted by molar-refractivity contribution is 1.53. The van der Waals surface area contributed by atoms with Gasteiger partial charge in [-0.1, -0.05) is 48.1 Å². The second-order valence-electron chi connectivity index (χ2n) is 4.70. The Morgan fingerprint density at radius 1 is 1.19 bits per heavy atom. The third kappa shape index (κ3) is 2.13. The zero-order valence-electron chi connectivity index (χ0n) is 11.0. The van der Waals surface area contributed by atoms with E-state index in [-0.39, 0.29) is 0 Å². The summed E-state index contributed by atoms with van der Waals surface area (Å²) in [6, 6.07) is 8.47. The molecule has 0 atom stereocenters. The van der Waals surface area contributed by atoms with Crippen LogP contribution in [-0.2, 0) is 0 Å². The highest BCUT2D eigenvalue weighted by Crippen LogP contribution is 2.34. The first-order valence-corrected chi connectivity index (χ1v) is 8.47. The highest BCUT2D eigenvalue weighted by molar-refractivity contribution is 8.22.